The molecule has 6 atom stereocenters. The lowest BCUT2D eigenvalue weighted by molar-refractivity contribution is -0.392. The molecule has 4 aromatic rings. The van der Waals surface area contributed by atoms with Crippen molar-refractivity contribution in [2.75, 3.05) is 28.8 Å². The van der Waals surface area contributed by atoms with E-state index < -0.39 is 137 Å². The van der Waals surface area contributed by atoms with Crippen LogP contribution >= 0.6 is 23.2 Å². The third kappa shape index (κ3) is 6.12. The zero-order valence-electron chi connectivity index (χ0n) is 32.3. The predicted octanol–water partition coefficient (Wildman–Crippen LogP) is 7.32. The molecule has 4 amide bonds. The highest BCUT2D eigenvalue weighted by Gasteiger charge is 2.77. The van der Waals surface area contributed by atoms with Crippen molar-refractivity contribution < 1.29 is 60.8 Å². The van der Waals surface area contributed by atoms with Gasteiger partial charge in [0, 0.05) is 43.8 Å². The van der Waals surface area contributed by atoms with E-state index in [9.17, 15) is 57.7 Å². The average Bonchev–Trinajstić information content (AvgIpc) is 3.59. The van der Waals surface area contributed by atoms with Crippen LogP contribution in [0.3, 0.4) is 0 Å². The number of nitro benzene ring substituents is 2. The number of fused-ring (bicyclic) bond motifs is 4. The number of imide groups is 2. The number of hydrogen-bond acceptors (Lipinski definition) is 11. The zero-order valence-corrected chi connectivity index (χ0v) is 33.8. The summed E-state index contributed by atoms with van der Waals surface area (Å²) in [6.45, 7) is 0.0181. The number of allylic oxidation sites excluding steroid dienone is 2. The van der Waals surface area contributed by atoms with Crippen LogP contribution in [0, 0.1) is 67.1 Å². The van der Waals surface area contributed by atoms with E-state index in [1.807, 2.05) is 0 Å². The van der Waals surface area contributed by atoms with E-state index in [-0.39, 0.29) is 34.8 Å². The number of carbonyl (C=O) groups is 4. The summed E-state index contributed by atoms with van der Waals surface area (Å²) in [5.74, 6) is -25.2. The summed E-state index contributed by atoms with van der Waals surface area (Å²) in [4.78, 5) is 75.8. The van der Waals surface area contributed by atoms with Crippen molar-refractivity contribution in [1.82, 2.24) is 0 Å². The first-order valence-electron chi connectivity index (χ1n) is 18.7. The first-order valence-corrected chi connectivity index (χ1v) is 19.4. The van der Waals surface area contributed by atoms with Crippen LogP contribution in [0.1, 0.15) is 29.9 Å². The van der Waals surface area contributed by atoms with Gasteiger partial charge in [-0.3, -0.25) is 39.4 Å². The Balaban J connectivity index is 1.28. The molecule has 63 heavy (non-hydrogen) atoms. The number of amides is 4. The number of rotatable bonds is 9. The van der Waals surface area contributed by atoms with Gasteiger partial charge in [0.2, 0.25) is 17.6 Å². The summed E-state index contributed by atoms with van der Waals surface area (Å²) < 4.78 is 80.2. The van der Waals surface area contributed by atoms with Gasteiger partial charge in [0.05, 0.1) is 27.4 Å². The van der Waals surface area contributed by atoms with E-state index in [1.165, 1.54) is 32.3 Å². The fourth-order valence-corrected chi connectivity index (χ4v) is 10.1. The Morgan fingerprint density at radius 1 is 0.810 bits per heavy atom. The Hall–Kier alpha value is -6.67. The predicted molar refractivity (Wildman–Crippen MR) is 212 cm³/mol. The van der Waals surface area contributed by atoms with Crippen LogP contribution in [-0.2, 0) is 25.8 Å². The minimum absolute atomic E-state index is 0.0147. The van der Waals surface area contributed by atoms with Crippen molar-refractivity contribution >= 4 is 75.3 Å². The molecule has 4 aliphatic rings. The van der Waals surface area contributed by atoms with Gasteiger partial charge in [0.1, 0.15) is 23.8 Å². The van der Waals surface area contributed by atoms with Gasteiger partial charge in [-0.25, -0.2) is 31.8 Å². The quantitative estimate of drug-likeness (QED) is 0.0259. The molecule has 2 aliphatic carbocycles. The van der Waals surface area contributed by atoms with E-state index in [0.29, 0.717) is 4.90 Å². The molecule has 3 fully saturated rings. The maximum Gasteiger partial charge on any atom is 0.301 e. The summed E-state index contributed by atoms with van der Waals surface area (Å²) in [6.07, 6.45) is 0.131. The first-order chi connectivity index (χ1) is 29.7. The Bertz CT molecular complexity index is 2720. The number of aromatic hydroxyl groups is 1. The van der Waals surface area contributed by atoms with Crippen LogP contribution < -0.4 is 19.4 Å². The molecule has 1 saturated carbocycles. The smallest absolute Gasteiger partial charge is 0.301 e. The molecule has 0 unspecified atom stereocenters. The second-order valence-electron chi connectivity index (χ2n) is 15.4. The largest absolute Gasteiger partial charge is 0.508 e. The number of nitrogens with zero attached hydrogens (tertiary/aromatic N) is 5. The number of halogens is 7. The number of nitro groups is 2. The maximum atomic E-state index is 15.5. The number of benzene rings is 4. The summed E-state index contributed by atoms with van der Waals surface area (Å²) >= 11 is 14.4. The Morgan fingerprint density at radius 2 is 1.40 bits per heavy atom. The lowest BCUT2D eigenvalue weighted by Crippen LogP contribution is -2.60. The second-order valence-corrected chi connectivity index (χ2v) is 16.7. The van der Waals surface area contributed by atoms with Crippen molar-refractivity contribution in [1.29, 1.82) is 0 Å². The van der Waals surface area contributed by atoms with Crippen molar-refractivity contribution in [3.63, 3.8) is 0 Å². The highest BCUT2D eigenvalue weighted by molar-refractivity contribution is 6.58. The third-order valence-electron chi connectivity index (χ3n) is 11.9. The summed E-state index contributed by atoms with van der Waals surface area (Å²) in [6, 6.07) is 14.0. The Morgan fingerprint density at radius 3 is 1.95 bits per heavy atom. The van der Waals surface area contributed by atoms with Gasteiger partial charge in [-0.1, -0.05) is 48.0 Å². The maximum absolute atomic E-state index is 15.5. The Kier molecular flexibility index (Phi) is 10.2. The van der Waals surface area contributed by atoms with Crippen molar-refractivity contribution in [2.45, 2.75) is 35.1 Å². The number of hydrogen-bond donors (Lipinski definition) is 1. The molecule has 22 heteroatoms. The molecule has 2 saturated heterocycles. The van der Waals surface area contributed by atoms with E-state index in [4.69, 9.17) is 27.9 Å². The molecule has 0 aromatic heterocycles. The molecule has 0 spiro atoms. The van der Waals surface area contributed by atoms with Gasteiger partial charge in [-0.15, -0.1) is 23.2 Å². The molecule has 326 valence electrons. The number of anilines is 3. The van der Waals surface area contributed by atoms with Crippen LogP contribution in [-0.4, -0.2) is 62.4 Å². The molecule has 15 nitrogen and oxygen atoms in total. The molecule has 8 rings (SSSR count). The van der Waals surface area contributed by atoms with Crippen LogP contribution in [0.15, 0.2) is 72.3 Å². The van der Waals surface area contributed by atoms with E-state index in [1.54, 1.807) is 30.3 Å². The fourth-order valence-electron chi connectivity index (χ4n) is 9.22. The molecule has 4 aromatic carbocycles. The minimum Gasteiger partial charge on any atom is -0.508 e. The van der Waals surface area contributed by atoms with Gasteiger partial charge in [0.25, 0.3) is 11.8 Å². The third-order valence-corrected chi connectivity index (χ3v) is 13.3. The molecular weight excluding hydrogens is 888 g/mol. The highest BCUT2D eigenvalue weighted by Crippen LogP contribution is 2.67. The Labute approximate surface area is 361 Å². The van der Waals surface area contributed by atoms with Crippen LogP contribution in [0.5, 0.6) is 11.5 Å². The number of phenolic OH excluding ortho intramolecular Hbond substituents is 1. The number of phenols is 1. The van der Waals surface area contributed by atoms with Gasteiger partial charge in [-0.2, -0.15) is 0 Å². The molecule has 2 heterocycles. The van der Waals surface area contributed by atoms with Crippen molar-refractivity contribution in [3.05, 3.63) is 133 Å². The second kappa shape index (κ2) is 15.0. The van der Waals surface area contributed by atoms with Crippen molar-refractivity contribution in [2.24, 2.45) is 17.8 Å². The van der Waals surface area contributed by atoms with E-state index in [0.717, 1.165) is 28.7 Å². The summed E-state index contributed by atoms with van der Waals surface area (Å²) in [5.41, 5.74) is -4.24. The monoisotopic (exact) mass is 915 g/mol. The van der Waals surface area contributed by atoms with Crippen LogP contribution in [0.2, 0.25) is 0 Å². The molecule has 0 radical (unpaired) electrons. The standard InChI is InChI=1S/C41H28Cl2F5N5O10/c1-49(2)34-24(52(59)60)12-18(13-25(34)53(61)62)50-36(55)22-11-10-20-23(27(22)37(50)56)15-40(42)38(57)51(35-32(47)30(45)29(44)31(46)33(35)48)39(58)41(40,43)28(20)21-9-8-19(14-26(21)54)63-16-17-6-4-3-5-7-17/h3-10,12-14,22-23,27-28,54H,11,15-16H2,1-2H3/t22-,23+,27-,28+,40+,41-/m0/s1. The minimum atomic E-state index is -2.96. The molecular formula is C41H28Cl2F5N5O10. The number of carbonyl (C=O) groups excluding carboxylic acids is 4. The summed E-state index contributed by atoms with van der Waals surface area (Å²) in [5, 5.41) is 36.0. The molecule has 1 N–H and O–H groups in total. The van der Waals surface area contributed by atoms with Gasteiger partial charge in [0.15, 0.2) is 38.7 Å². The first kappa shape index (κ1) is 43.0. The van der Waals surface area contributed by atoms with E-state index >= 15 is 8.78 Å². The lowest BCUT2D eigenvalue weighted by atomic mass is 9.56. The van der Waals surface area contributed by atoms with Crippen LogP contribution in [0.25, 0.3) is 0 Å². The SMILES string of the molecule is CN(C)c1c([N+](=O)[O-])cc(N2C(=O)[C@H]3[C@H](CC=C4[C@H]3C[C@@]3(Cl)C(=O)N(c5c(F)c(F)c(F)c(F)c5F)C(=O)[C@@]3(Cl)[C@H]4c3ccc(OCc4ccccc4)cc3O)C2=O)cc1[N+](=O)[O-]. The average molecular weight is 917 g/mol. The van der Waals surface area contributed by atoms with Crippen LogP contribution in [0.4, 0.5) is 50.4 Å². The normalized spacial score (nSPS) is 25.1. The van der Waals surface area contributed by atoms with Gasteiger partial charge < -0.3 is 14.7 Å². The summed E-state index contributed by atoms with van der Waals surface area (Å²) in [7, 11) is 2.60. The molecule has 0 bridgehead atoms. The van der Waals surface area contributed by atoms with Gasteiger partial charge in [-0.05, 0) is 30.4 Å². The molecule has 2 aliphatic heterocycles. The van der Waals surface area contributed by atoms with Crippen molar-refractivity contribution in [3.8, 4) is 11.5 Å². The zero-order chi connectivity index (χ0) is 45.8. The lowest BCUT2D eigenvalue weighted by Gasteiger charge is -2.50. The fraction of sp³-hybridized carbons (Fsp3) is 0.268. The van der Waals surface area contributed by atoms with Gasteiger partial charge >= 0.3 is 11.4 Å². The topological polar surface area (TPSA) is 194 Å². The number of alkyl halides is 2. The number of ether oxygens (including phenoxy) is 1. The highest BCUT2D eigenvalue weighted by atomic mass is 35.5. The van der Waals surface area contributed by atoms with E-state index in [2.05, 4.69) is 0 Å².